The molecule has 0 aliphatic rings. The molecule has 2 heterocycles. The molecule has 0 saturated heterocycles. The van der Waals surface area contributed by atoms with Crippen molar-refractivity contribution in [1.29, 1.82) is 0 Å². The van der Waals surface area contributed by atoms with E-state index >= 15 is 0 Å². The Morgan fingerprint density at radius 2 is 1.64 bits per heavy atom. The summed E-state index contributed by atoms with van der Waals surface area (Å²) in [6.45, 7) is 0. The van der Waals surface area contributed by atoms with Crippen LogP contribution in [0.5, 0.6) is 0 Å². The third-order valence-electron chi connectivity index (χ3n) is 4.71. The van der Waals surface area contributed by atoms with Crippen LogP contribution in [0.2, 0.25) is 0 Å². The molecule has 0 spiro atoms. The average Bonchev–Trinajstić information content (AvgIpc) is 3.22. The molecule has 5 aromatic rings. The molecule has 0 atom stereocenters. The lowest BCUT2D eigenvalue weighted by Gasteiger charge is -2.09. The number of carbonyl (C=O) groups is 1. The second-order valence-electron chi connectivity index (χ2n) is 6.48. The van der Waals surface area contributed by atoms with Crippen molar-refractivity contribution in [3.63, 3.8) is 0 Å². The molecule has 0 aliphatic carbocycles. The summed E-state index contributed by atoms with van der Waals surface area (Å²) in [6, 6.07) is 25.3. The smallest absolute Gasteiger partial charge is 0.259 e. The summed E-state index contributed by atoms with van der Waals surface area (Å²) in [5, 5.41) is 10.4. The molecule has 5 heteroatoms. The van der Waals surface area contributed by atoms with E-state index < -0.39 is 0 Å². The predicted molar refractivity (Wildman–Crippen MR) is 111 cm³/mol. The first-order chi connectivity index (χ1) is 13.8. The van der Waals surface area contributed by atoms with E-state index in [0.29, 0.717) is 16.9 Å². The molecule has 28 heavy (non-hydrogen) atoms. The lowest BCUT2D eigenvalue weighted by molar-refractivity contribution is 0.102. The predicted octanol–water partition coefficient (Wildman–Crippen LogP) is 4.83. The van der Waals surface area contributed by atoms with E-state index in [0.717, 1.165) is 21.8 Å². The first-order valence-electron chi connectivity index (χ1n) is 8.98. The summed E-state index contributed by atoms with van der Waals surface area (Å²) < 4.78 is 1.73. The van der Waals surface area contributed by atoms with Crippen LogP contribution < -0.4 is 5.32 Å². The van der Waals surface area contributed by atoms with Crippen molar-refractivity contribution in [1.82, 2.24) is 14.8 Å². The van der Waals surface area contributed by atoms with Crippen LogP contribution in [0.3, 0.4) is 0 Å². The molecular formula is C23H16N4O. The van der Waals surface area contributed by atoms with E-state index in [9.17, 15) is 4.79 Å². The maximum atomic E-state index is 13.0. The van der Waals surface area contributed by atoms with Crippen LogP contribution in [0.4, 0.5) is 5.82 Å². The number of hydrogen-bond acceptors (Lipinski definition) is 3. The molecule has 1 amide bonds. The second kappa shape index (κ2) is 6.63. The number of aromatic nitrogens is 3. The van der Waals surface area contributed by atoms with Crippen LogP contribution in [-0.4, -0.2) is 20.7 Å². The minimum atomic E-state index is -0.229. The van der Waals surface area contributed by atoms with E-state index in [2.05, 4.69) is 15.4 Å². The van der Waals surface area contributed by atoms with Crippen molar-refractivity contribution in [3.8, 4) is 5.69 Å². The molecule has 3 aromatic carbocycles. The first-order valence-corrected chi connectivity index (χ1v) is 8.98. The number of amides is 1. The number of nitrogens with one attached hydrogen (secondary N) is 1. The average molecular weight is 364 g/mol. The number of anilines is 1. The van der Waals surface area contributed by atoms with Gasteiger partial charge in [0.25, 0.3) is 5.91 Å². The fourth-order valence-electron chi connectivity index (χ4n) is 3.40. The monoisotopic (exact) mass is 364 g/mol. The zero-order chi connectivity index (χ0) is 18.9. The summed E-state index contributed by atoms with van der Waals surface area (Å²) in [4.78, 5) is 17.5. The van der Waals surface area contributed by atoms with Gasteiger partial charge in [-0.2, -0.15) is 5.10 Å². The van der Waals surface area contributed by atoms with Gasteiger partial charge in [0.15, 0.2) is 5.82 Å². The highest BCUT2D eigenvalue weighted by atomic mass is 16.1. The van der Waals surface area contributed by atoms with Gasteiger partial charge in [0.2, 0.25) is 0 Å². The summed E-state index contributed by atoms with van der Waals surface area (Å²) >= 11 is 0. The second-order valence-corrected chi connectivity index (χ2v) is 6.48. The maximum Gasteiger partial charge on any atom is 0.259 e. The molecule has 0 fully saturated rings. The maximum absolute atomic E-state index is 13.0. The van der Waals surface area contributed by atoms with Gasteiger partial charge in [-0.1, -0.05) is 48.5 Å². The van der Waals surface area contributed by atoms with Crippen molar-refractivity contribution in [2.75, 3.05) is 5.32 Å². The molecule has 0 aliphatic heterocycles. The number of para-hydroxylation sites is 1. The van der Waals surface area contributed by atoms with Gasteiger partial charge in [-0.05, 0) is 35.0 Å². The summed E-state index contributed by atoms with van der Waals surface area (Å²) in [5.74, 6) is 0.263. The van der Waals surface area contributed by atoms with E-state index in [1.54, 1.807) is 16.9 Å². The summed E-state index contributed by atoms with van der Waals surface area (Å²) in [7, 11) is 0. The Morgan fingerprint density at radius 1 is 0.857 bits per heavy atom. The lowest BCUT2D eigenvalue weighted by Crippen LogP contribution is -2.13. The van der Waals surface area contributed by atoms with Crippen molar-refractivity contribution < 1.29 is 4.79 Å². The number of pyridine rings is 1. The van der Waals surface area contributed by atoms with Crippen LogP contribution in [0.1, 0.15) is 10.4 Å². The zero-order valence-electron chi connectivity index (χ0n) is 14.9. The normalized spacial score (nSPS) is 11.0. The fraction of sp³-hybridized carbons (Fsp3) is 0. The SMILES string of the molecule is O=C(Nc1ccn(-c2ccccc2)n1)c1cc2ccccc2c2cccnc12. The Labute approximate surface area is 161 Å². The number of hydrogen-bond donors (Lipinski definition) is 1. The Bertz CT molecular complexity index is 1310. The molecule has 1 N–H and O–H groups in total. The Balaban J connectivity index is 1.53. The van der Waals surface area contributed by atoms with E-state index in [1.165, 1.54) is 0 Å². The van der Waals surface area contributed by atoms with Gasteiger partial charge in [-0.15, -0.1) is 0 Å². The van der Waals surface area contributed by atoms with Gasteiger partial charge in [-0.3, -0.25) is 9.78 Å². The van der Waals surface area contributed by atoms with Crippen molar-refractivity contribution in [2.45, 2.75) is 0 Å². The molecule has 5 nitrogen and oxygen atoms in total. The number of carbonyl (C=O) groups excluding carboxylic acids is 1. The van der Waals surface area contributed by atoms with Gasteiger partial charge in [0.05, 0.1) is 16.8 Å². The molecular weight excluding hydrogens is 348 g/mol. The molecule has 5 rings (SSSR count). The number of benzene rings is 3. The largest absolute Gasteiger partial charge is 0.305 e. The van der Waals surface area contributed by atoms with Crippen LogP contribution in [0.25, 0.3) is 27.4 Å². The quantitative estimate of drug-likeness (QED) is 0.467. The summed E-state index contributed by atoms with van der Waals surface area (Å²) in [6.07, 6.45) is 3.53. The highest BCUT2D eigenvalue weighted by Crippen LogP contribution is 2.27. The van der Waals surface area contributed by atoms with Crippen molar-refractivity contribution in [3.05, 3.63) is 96.8 Å². The standard InChI is InChI=1S/C23H16N4O/c28-23(25-21-12-14-27(26-21)17-8-2-1-3-9-17)20-15-16-7-4-5-10-18(16)19-11-6-13-24-22(19)20/h1-15H,(H,25,26,28). The topological polar surface area (TPSA) is 59.8 Å². The minimum absolute atomic E-state index is 0.229. The summed E-state index contributed by atoms with van der Waals surface area (Å²) in [5.41, 5.74) is 2.14. The number of nitrogens with zero attached hydrogens (tertiary/aromatic N) is 3. The Morgan fingerprint density at radius 3 is 2.54 bits per heavy atom. The van der Waals surface area contributed by atoms with Gasteiger partial charge in [-0.25, -0.2) is 4.68 Å². The van der Waals surface area contributed by atoms with Crippen LogP contribution in [-0.2, 0) is 0 Å². The third-order valence-corrected chi connectivity index (χ3v) is 4.71. The Kier molecular flexibility index (Phi) is 3.84. The van der Waals surface area contributed by atoms with E-state index in [1.807, 2.05) is 79.0 Å². The molecule has 2 aromatic heterocycles. The van der Waals surface area contributed by atoms with E-state index in [4.69, 9.17) is 0 Å². The Hall–Kier alpha value is -3.99. The molecule has 0 saturated carbocycles. The highest BCUT2D eigenvalue weighted by Gasteiger charge is 2.15. The fourth-order valence-corrected chi connectivity index (χ4v) is 3.40. The van der Waals surface area contributed by atoms with Crippen LogP contribution >= 0.6 is 0 Å². The van der Waals surface area contributed by atoms with Crippen molar-refractivity contribution in [2.24, 2.45) is 0 Å². The zero-order valence-corrected chi connectivity index (χ0v) is 14.9. The third kappa shape index (κ3) is 2.79. The van der Waals surface area contributed by atoms with Crippen LogP contribution in [0, 0.1) is 0 Å². The van der Waals surface area contributed by atoms with Crippen LogP contribution in [0.15, 0.2) is 91.3 Å². The first kappa shape index (κ1) is 16.2. The number of rotatable bonds is 3. The molecule has 0 radical (unpaired) electrons. The molecule has 0 unspecified atom stereocenters. The van der Waals surface area contributed by atoms with Gasteiger partial charge < -0.3 is 5.32 Å². The highest BCUT2D eigenvalue weighted by molar-refractivity contribution is 6.18. The lowest BCUT2D eigenvalue weighted by atomic mass is 10.0. The molecule has 0 bridgehead atoms. The van der Waals surface area contributed by atoms with Crippen molar-refractivity contribution >= 4 is 33.4 Å². The van der Waals surface area contributed by atoms with Gasteiger partial charge in [0.1, 0.15) is 0 Å². The van der Waals surface area contributed by atoms with Gasteiger partial charge in [0, 0.05) is 23.8 Å². The van der Waals surface area contributed by atoms with Gasteiger partial charge >= 0.3 is 0 Å². The number of fused-ring (bicyclic) bond motifs is 3. The van der Waals surface area contributed by atoms with E-state index in [-0.39, 0.29) is 5.91 Å². The molecule has 134 valence electrons. The minimum Gasteiger partial charge on any atom is -0.305 e.